The molecule has 17 heavy (non-hydrogen) atoms. The van der Waals surface area contributed by atoms with E-state index in [4.69, 9.17) is 9.84 Å². The number of pyridine rings is 1. The molecular formula is C12H16N2O3. The molecule has 2 heterocycles. The van der Waals surface area contributed by atoms with E-state index >= 15 is 0 Å². The predicted molar refractivity (Wildman–Crippen MR) is 63.3 cm³/mol. The number of carbonyl (C=O) groups is 1. The van der Waals surface area contributed by atoms with E-state index < -0.39 is 11.9 Å². The monoisotopic (exact) mass is 236 g/mol. The second kappa shape index (κ2) is 5.14. The summed E-state index contributed by atoms with van der Waals surface area (Å²) in [6.45, 7) is 4.75. The van der Waals surface area contributed by atoms with Gasteiger partial charge in [0.15, 0.2) is 0 Å². The van der Waals surface area contributed by atoms with Crippen molar-refractivity contribution in [1.82, 2.24) is 4.98 Å². The first-order valence-electron chi connectivity index (χ1n) is 5.70. The van der Waals surface area contributed by atoms with E-state index in [2.05, 4.69) is 9.88 Å². The number of morpholine rings is 1. The molecule has 0 spiro atoms. The van der Waals surface area contributed by atoms with E-state index in [1.54, 1.807) is 13.1 Å². The summed E-state index contributed by atoms with van der Waals surface area (Å²) in [5.74, 6) is -1.42. The van der Waals surface area contributed by atoms with Crippen molar-refractivity contribution in [1.29, 1.82) is 0 Å². The lowest BCUT2D eigenvalue weighted by molar-refractivity contribution is -0.138. The van der Waals surface area contributed by atoms with Crippen LogP contribution in [0.2, 0.25) is 0 Å². The number of nitrogens with zero attached hydrogens (tertiary/aromatic N) is 2. The summed E-state index contributed by atoms with van der Waals surface area (Å²) in [4.78, 5) is 17.2. The van der Waals surface area contributed by atoms with Gasteiger partial charge in [0.25, 0.3) is 0 Å². The van der Waals surface area contributed by atoms with E-state index in [9.17, 15) is 4.79 Å². The van der Waals surface area contributed by atoms with Gasteiger partial charge in [0.2, 0.25) is 0 Å². The smallest absolute Gasteiger partial charge is 0.312 e. The van der Waals surface area contributed by atoms with Crippen LogP contribution in [0.5, 0.6) is 0 Å². The fourth-order valence-corrected chi connectivity index (χ4v) is 1.82. The van der Waals surface area contributed by atoms with E-state index in [1.807, 2.05) is 12.1 Å². The summed E-state index contributed by atoms with van der Waals surface area (Å²) in [6.07, 6.45) is 1.67. The molecule has 0 bridgehead atoms. The lowest BCUT2D eigenvalue weighted by Crippen LogP contribution is -2.36. The van der Waals surface area contributed by atoms with Gasteiger partial charge < -0.3 is 14.7 Å². The normalized spacial score (nSPS) is 17.8. The van der Waals surface area contributed by atoms with Crippen molar-refractivity contribution < 1.29 is 14.6 Å². The first-order chi connectivity index (χ1) is 8.18. The van der Waals surface area contributed by atoms with Crippen molar-refractivity contribution >= 4 is 11.7 Å². The number of rotatable bonds is 3. The molecule has 5 nitrogen and oxygen atoms in total. The Morgan fingerprint density at radius 1 is 1.53 bits per heavy atom. The molecule has 5 heteroatoms. The lowest BCUT2D eigenvalue weighted by Gasteiger charge is -2.29. The van der Waals surface area contributed by atoms with Crippen LogP contribution in [0, 0.1) is 0 Å². The standard InChI is InChI=1S/C12H16N2O3/c1-9(12(15)16)11-8-10(2-3-13-11)14-4-6-17-7-5-14/h2-3,8-9H,4-7H2,1H3,(H,15,16). The molecule has 0 aliphatic carbocycles. The summed E-state index contributed by atoms with van der Waals surface area (Å²) in [6, 6.07) is 3.76. The van der Waals surface area contributed by atoms with E-state index in [-0.39, 0.29) is 0 Å². The molecule has 1 fully saturated rings. The van der Waals surface area contributed by atoms with Crippen molar-refractivity contribution in [2.24, 2.45) is 0 Å². The minimum absolute atomic E-state index is 0.573. The molecule has 0 saturated carbocycles. The van der Waals surface area contributed by atoms with E-state index in [0.29, 0.717) is 18.9 Å². The molecule has 1 atom stereocenters. The summed E-state index contributed by atoms with van der Waals surface area (Å²) in [7, 11) is 0. The predicted octanol–water partition coefficient (Wildman–Crippen LogP) is 1.11. The molecule has 1 unspecified atom stereocenters. The zero-order valence-electron chi connectivity index (χ0n) is 9.80. The Morgan fingerprint density at radius 3 is 2.88 bits per heavy atom. The van der Waals surface area contributed by atoms with Crippen molar-refractivity contribution in [3.63, 3.8) is 0 Å². The van der Waals surface area contributed by atoms with Crippen LogP contribution in [0.15, 0.2) is 18.3 Å². The molecule has 0 amide bonds. The highest BCUT2D eigenvalue weighted by Crippen LogP contribution is 2.20. The largest absolute Gasteiger partial charge is 0.481 e. The quantitative estimate of drug-likeness (QED) is 0.851. The van der Waals surface area contributed by atoms with Gasteiger partial charge in [0.1, 0.15) is 0 Å². The van der Waals surface area contributed by atoms with Crippen LogP contribution >= 0.6 is 0 Å². The Bertz CT molecular complexity index is 402. The fraction of sp³-hybridized carbons (Fsp3) is 0.500. The summed E-state index contributed by atoms with van der Waals surface area (Å²) in [5.41, 5.74) is 1.62. The molecule has 1 aromatic heterocycles. The molecule has 1 aromatic rings. The number of carboxylic acids is 1. The molecule has 1 saturated heterocycles. The third-order valence-corrected chi connectivity index (χ3v) is 2.95. The number of aromatic nitrogens is 1. The maximum absolute atomic E-state index is 10.9. The third kappa shape index (κ3) is 2.74. The number of anilines is 1. The van der Waals surface area contributed by atoms with Crippen LogP contribution < -0.4 is 4.90 Å². The highest BCUT2D eigenvalue weighted by Gasteiger charge is 2.17. The molecule has 1 aliphatic rings. The van der Waals surface area contributed by atoms with Crippen molar-refractivity contribution in [2.45, 2.75) is 12.8 Å². The van der Waals surface area contributed by atoms with Crippen LogP contribution in [0.4, 0.5) is 5.69 Å². The summed E-state index contributed by atoms with van der Waals surface area (Å²) >= 11 is 0. The van der Waals surface area contributed by atoms with Crippen LogP contribution in [-0.2, 0) is 9.53 Å². The minimum Gasteiger partial charge on any atom is -0.481 e. The zero-order chi connectivity index (χ0) is 12.3. The molecule has 1 aliphatic heterocycles. The minimum atomic E-state index is -0.850. The molecule has 1 N–H and O–H groups in total. The van der Waals surface area contributed by atoms with Crippen LogP contribution in [-0.4, -0.2) is 42.4 Å². The van der Waals surface area contributed by atoms with Gasteiger partial charge in [0.05, 0.1) is 24.8 Å². The first-order valence-corrected chi connectivity index (χ1v) is 5.70. The van der Waals surface area contributed by atoms with Crippen LogP contribution in [0.25, 0.3) is 0 Å². The Hall–Kier alpha value is -1.62. The first kappa shape index (κ1) is 11.9. The molecule has 0 radical (unpaired) electrons. The number of ether oxygens (including phenoxy) is 1. The van der Waals surface area contributed by atoms with Gasteiger partial charge in [-0.15, -0.1) is 0 Å². The number of hydrogen-bond acceptors (Lipinski definition) is 4. The van der Waals surface area contributed by atoms with Crippen molar-refractivity contribution in [3.8, 4) is 0 Å². The third-order valence-electron chi connectivity index (χ3n) is 2.95. The Labute approximate surface area is 100 Å². The molecule has 0 aromatic carbocycles. The Balaban J connectivity index is 2.18. The number of carboxylic acid groups (broad SMARTS) is 1. The molecule has 92 valence electrons. The van der Waals surface area contributed by atoms with E-state index in [1.165, 1.54) is 0 Å². The summed E-state index contributed by atoms with van der Waals surface area (Å²) in [5, 5.41) is 8.96. The van der Waals surface area contributed by atoms with E-state index in [0.717, 1.165) is 18.8 Å². The topological polar surface area (TPSA) is 62.7 Å². The maximum Gasteiger partial charge on any atom is 0.312 e. The van der Waals surface area contributed by atoms with Crippen LogP contribution in [0.1, 0.15) is 18.5 Å². The zero-order valence-corrected chi connectivity index (χ0v) is 9.80. The average molecular weight is 236 g/mol. The molecular weight excluding hydrogens is 220 g/mol. The average Bonchev–Trinajstić information content (AvgIpc) is 2.39. The second-order valence-electron chi connectivity index (χ2n) is 4.10. The van der Waals surface area contributed by atoms with Crippen molar-refractivity contribution in [3.05, 3.63) is 24.0 Å². The number of hydrogen-bond donors (Lipinski definition) is 1. The lowest BCUT2D eigenvalue weighted by atomic mass is 10.1. The number of aliphatic carboxylic acids is 1. The van der Waals surface area contributed by atoms with Gasteiger partial charge in [-0.25, -0.2) is 0 Å². The van der Waals surface area contributed by atoms with Gasteiger partial charge in [0, 0.05) is 25.0 Å². The van der Waals surface area contributed by atoms with Crippen LogP contribution in [0.3, 0.4) is 0 Å². The second-order valence-corrected chi connectivity index (χ2v) is 4.10. The van der Waals surface area contributed by atoms with Gasteiger partial charge in [-0.2, -0.15) is 0 Å². The fourth-order valence-electron chi connectivity index (χ4n) is 1.82. The SMILES string of the molecule is CC(C(=O)O)c1cc(N2CCOCC2)ccn1. The molecule has 2 rings (SSSR count). The van der Waals surface area contributed by atoms with Gasteiger partial charge in [-0.1, -0.05) is 0 Å². The highest BCUT2D eigenvalue weighted by molar-refractivity contribution is 5.75. The Morgan fingerprint density at radius 2 is 2.24 bits per heavy atom. The van der Waals surface area contributed by atoms with Gasteiger partial charge >= 0.3 is 5.97 Å². The summed E-state index contributed by atoms with van der Waals surface area (Å²) < 4.78 is 5.29. The Kier molecular flexibility index (Phi) is 3.58. The van der Waals surface area contributed by atoms with Gasteiger partial charge in [-0.05, 0) is 19.1 Å². The highest BCUT2D eigenvalue weighted by atomic mass is 16.5. The van der Waals surface area contributed by atoms with Gasteiger partial charge in [-0.3, -0.25) is 9.78 Å². The van der Waals surface area contributed by atoms with Crippen molar-refractivity contribution in [2.75, 3.05) is 31.2 Å². The maximum atomic E-state index is 10.9.